The fourth-order valence-corrected chi connectivity index (χ4v) is 3.24. The van der Waals surface area contributed by atoms with Gasteiger partial charge in [0.15, 0.2) is 0 Å². The molecule has 1 unspecified atom stereocenters. The summed E-state index contributed by atoms with van der Waals surface area (Å²) in [5.41, 5.74) is 1.16. The fourth-order valence-electron chi connectivity index (χ4n) is 2.27. The predicted molar refractivity (Wildman–Crippen MR) is 80.0 cm³/mol. The highest BCUT2D eigenvalue weighted by atomic mass is 32.1. The van der Waals surface area contributed by atoms with E-state index in [1.165, 1.54) is 17.0 Å². The largest absolute Gasteiger partial charge is 0.481 e. The van der Waals surface area contributed by atoms with Gasteiger partial charge in [-0.3, -0.25) is 9.59 Å². The van der Waals surface area contributed by atoms with Crippen molar-refractivity contribution in [3.05, 3.63) is 35.2 Å². The Hall–Kier alpha value is -1.88. The topological polar surface area (TPSA) is 66.4 Å². The number of benzene rings is 1. The average molecular weight is 291 g/mol. The van der Waals surface area contributed by atoms with Gasteiger partial charge in [-0.05, 0) is 35.2 Å². The van der Waals surface area contributed by atoms with E-state index in [9.17, 15) is 9.59 Å². The monoisotopic (exact) mass is 291 g/mol. The molecule has 0 spiro atoms. The van der Waals surface area contributed by atoms with E-state index in [-0.39, 0.29) is 18.4 Å². The van der Waals surface area contributed by atoms with E-state index in [0.717, 1.165) is 5.56 Å². The number of carbonyl (C=O) groups is 2. The zero-order valence-corrected chi connectivity index (χ0v) is 12.1. The number of nitrogens with one attached hydrogen (secondary N) is 1. The van der Waals surface area contributed by atoms with Crippen molar-refractivity contribution < 1.29 is 14.7 Å². The van der Waals surface area contributed by atoms with Gasteiger partial charge in [-0.25, -0.2) is 0 Å². The SMILES string of the molecule is CC(=O)NC(CCC(=O)O)Cc1csc2ccccc12. The van der Waals surface area contributed by atoms with Gasteiger partial charge < -0.3 is 10.4 Å². The Balaban J connectivity index is 2.13. The lowest BCUT2D eigenvalue weighted by molar-refractivity contribution is -0.137. The minimum absolute atomic E-state index is 0.0625. The highest BCUT2D eigenvalue weighted by Crippen LogP contribution is 2.27. The van der Waals surface area contributed by atoms with Crippen LogP contribution in [-0.2, 0) is 16.0 Å². The third kappa shape index (κ3) is 3.81. The second-order valence-electron chi connectivity index (χ2n) is 4.79. The lowest BCUT2D eigenvalue weighted by atomic mass is 10.0. The van der Waals surface area contributed by atoms with Crippen molar-refractivity contribution in [1.29, 1.82) is 0 Å². The first-order valence-electron chi connectivity index (χ1n) is 6.50. The third-order valence-corrected chi connectivity index (χ3v) is 4.15. The van der Waals surface area contributed by atoms with Crippen LogP contribution in [0.5, 0.6) is 0 Å². The van der Waals surface area contributed by atoms with Gasteiger partial charge >= 0.3 is 5.97 Å². The molecule has 2 aromatic rings. The predicted octanol–water partition coefficient (Wildman–Crippen LogP) is 2.81. The molecule has 1 aromatic heterocycles. The van der Waals surface area contributed by atoms with Crippen molar-refractivity contribution in [3.63, 3.8) is 0 Å². The standard InChI is InChI=1S/C15H17NO3S/c1-10(17)16-12(6-7-15(18)19)8-11-9-20-14-5-3-2-4-13(11)14/h2-5,9,12H,6-8H2,1H3,(H,16,17)(H,18,19). The summed E-state index contributed by atoms with van der Waals surface area (Å²) >= 11 is 1.67. The molecule has 1 atom stereocenters. The molecule has 0 saturated carbocycles. The molecule has 20 heavy (non-hydrogen) atoms. The summed E-state index contributed by atoms with van der Waals surface area (Å²) in [4.78, 5) is 21.9. The van der Waals surface area contributed by atoms with Crippen LogP contribution in [0.25, 0.3) is 10.1 Å². The summed E-state index contributed by atoms with van der Waals surface area (Å²) in [6.45, 7) is 1.46. The van der Waals surface area contributed by atoms with Crippen LogP contribution in [0.15, 0.2) is 29.6 Å². The molecule has 5 heteroatoms. The average Bonchev–Trinajstić information content (AvgIpc) is 2.79. The summed E-state index contributed by atoms with van der Waals surface area (Å²) in [6.07, 6.45) is 1.17. The van der Waals surface area contributed by atoms with Crippen LogP contribution >= 0.6 is 11.3 Å². The van der Waals surface area contributed by atoms with Gasteiger partial charge in [0.05, 0.1) is 0 Å². The smallest absolute Gasteiger partial charge is 0.303 e. The molecule has 106 valence electrons. The number of carboxylic acids is 1. The Morgan fingerprint density at radius 2 is 2.10 bits per heavy atom. The molecule has 0 aliphatic rings. The third-order valence-electron chi connectivity index (χ3n) is 3.14. The van der Waals surface area contributed by atoms with E-state index >= 15 is 0 Å². The van der Waals surface area contributed by atoms with E-state index in [1.807, 2.05) is 12.1 Å². The highest BCUT2D eigenvalue weighted by molar-refractivity contribution is 7.17. The van der Waals surface area contributed by atoms with Crippen LogP contribution in [0, 0.1) is 0 Å². The first-order valence-corrected chi connectivity index (χ1v) is 7.38. The molecule has 1 heterocycles. The number of aliphatic carboxylic acids is 1. The molecule has 2 N–H and O–H groups in total. The maximum atomic E-state index is 11.2. The summed E-state index contributed by atoms with van der Waals surface area (Å²) in [7, 11) is 0. The first kappa shape index (κ1) is 14.5. The molecule has 0 fully saturated rings. The molecule has 4 nitrogen and oxygen atoms in total. The second kappa shape index (κ2) is 6.52. The number of carboxylic acid groups (broad SMARTS) is 1. The maximum absolute atomic E-state index is 11.2. The molecule has 0 aliphatic carbocycles. The van der Waals surface area contributed by atoms with Crippen molar-refractivity contribution in [3.8, 4) is 0 Å². The number of hydrogen-bond donors (Lipinski definition) is 2. The van der Waals surface area contributed by atoms with Crippen molar-refractivity contribution in [1.82, 2.24) is 5.32 Å². The van der Waals surface area contributed by atoms with E-state index in [0.29, 0.717) is 12.8 Å². The quantitative estimate of drug-likeness (QED) is 0.860. The Morgan fingerprint density at radius 3 is 2.80 bits per heavy atom. The maximum Gasteiger partial charge on any atom is 0.303 e. The summed E-state index contributed by atoms with van der Waals surface area (Å²) in [5, 5.41) is 14.9. The van der Waals surface area contributed by atoms with E-state index in [2.05, 4.69) is 22.8 Å². The minimum Gasteiger partial charge on any atom is -0.481 e. The van der Waals surface area contributed by atoms with Gasteiger partial charge in [0.25, 0.3) is 0 Å². The molecule has 0 saturated heterocycles. The second-order valence-corrected chi connectivity index (χ2v) is 5.70. The van der Waals surface area contributed by atoms with E-state index in [1.54, 1.807) is 11.3 Å². The Labute approximate surface area is 121 Å². The number of rotatable bonds is 6. The molecule has 2 rings (SSSR count). The molecule has 1 aromatic carbocycles. The molecule has 0 radical (unpaired) electrons. The van der Waals surface area contributed by atoms with Gasteiger partial charge in [-0.1, -0.05) is 18.2 Å². The van der Waals surface area contributed by atoms with E-state index in [4.69, 9.17) is 5.11 Å². The van der Waals surface area contributed by atoms with Gasteiger partial charge in [-0.2, -0.15) is 0 Å². The molecular formula is C15H17NO3S. The fraction of sp³-hybridized carbons (Fsp3) is 0.333. The van der Waals surface area contributed by atoms with Crippen LogP contribution < -0.4 is 5.32 Å². The molecule has 0 bridgehead atoms. The molecular weight excluding hydrogens is 274 g/mol. The zero-order chi connectivity index (χ0) is 14.5. The Bertz CT molecular complexity index is 620. The van der Waals surface area contributed by atoms with Gasteiger partial charge in [0.2, 0.25) is 5.91 Å². The summed E-state index contributed by atoms with van der Waals surface area (Å²) in [5.74, 6) is -0.963. The Morgan fingerprint density at radius 1 is 1.35 bits per heavy atom. The van der Waals surface area contributed by atoms with Crippen LogP contribution in [-0.4, -0.2) is 23.0 Å². The highest BCUT2D eigenvalue weighted by Gasteiger charge is 2.15. The van der Waals surface area contributed by atoms with E-state index < -0.39 is 5.97 Å². The number of hydrogen-bond acceptors (Lipinski definition) is 3. The van der Waals surface area contributed by atoms with Gasteiger partial charge in [0, 0.05) is 24.1 Å². The zero-order valence-electron chi connectivity index (χ0n) is 11.3. The first-order chi connectivity index (χ1) is 9.56. The van der Waals surface area contributed by atoms with Crippen molar-refractivity contribution in [2.45, 2.75) is 32.2 Å². The van der Waals surface area contributed by atoms with Crippen LogP contribution in [0.1, 0.15) is 25.3 Å². The lowest BCUT2D eigenvalue weighted by Gasteiger charge is -2.16. The summed E-state index contributed by atoms with van der Waals surface area (Å²) < 4.78 is 1.21. The number of thiophene rings is 1. The summed E-state index contributed by atoms with van der Waals surface area (Å²) in [6, 6.07) is 7.97. The number of fused-ring (bicyclic) bond motifs is 1. The minimum atomic E-state index is -0.837. The molecule has 1 amide bonds. The van der Waals surface area contributed by atoms with Crippen LogP contribution in [0.4, 0.5) is 0 Å². The number of amides is 1. The van der Waals surface area contributed by atoms with Crippen molar-refractivity contribution >= 4 is 33.3 Å². The van der Waals surface area contributed by atoms with Crippen molar-refractivity contribution in [2.24, 2.45) is 0 Å². The van der Waals surface area contributed by atoms with Gasteiger partial charge in [-0.15, -0.1) is 11.3 Å². The Kier molecular flexibility index (Phi) is 4.74. The van der Waals surface area contributed by atoms with Crippen molar-refractivity contribution in [2.75, 3.05) is 0 Å². The normalized spacial score (nSPS) is 12.2. The number of carbonyl (C=O) groups excluding carboxylic acids is 1. The lowest BCUT2D eigenvalue weighted by Crippen LogP contribution is -2.35. The van der Waals surface area contributed by atoms with Crippen LogP contribution in [0.2, 0.25) is 0 Å². The molecule has 0 aliphatic heterocycles. The van der Waals surface area contributed by atoms with Gasteiger partial charge in [0.1, 0.15) is 0 Å². The van der Waals surface area contributed by atoms with Crippen LogP contribution in [0.3, 0.4) is 0 Å².